The van der Waals surface area contributed by atoms with Gasteiger partial charge in [0, 0.05) is 0 Å². The van der Waals surface area contributed by atoms with E-state index >= 15 is 0 Å². The van der Waals surface area contributed by atoms with Crippen LogP contribution in [0.25, 0.3) is 0 Å². The standard InChI is InChI=1S/C10H24O10P2S/c1-5-15-21(11,16-6-2)9-19-23(13,14)20-10-22(12,17-7-3)18-8-4/h5-10H2,1-4H3. The summed E-state index contributed by atoms with van der Waals surface area (Å²) in [4.78, 5) is 0. The highest BCUT2D eigenvalue weighted by atomic mass is 32.3. The molecule has 0 aromatic rings. The summed E-state index contributed by atoms with van der Waals surface area (Å²) in [6, 6.07) is 0. The predicted octanol–water partition coefficient (Wildman–Crippen LogP) is 2.71. The van der Waals surface area contributed by atoms with E-state index in [4.69, 9.17) is 18.1 Å². The largest absolute Gasteiger partial charge is 0.401 e. The summed E-state index contributed by atoms with van der Waals surface area (Å²) in [5.74, 6) is 0. The predicted molar refractivity (Wildman–Crippen MR) is 82.5 cm³/mol. The lowest BCUT2D eigenvalue weighted by Gasteiger charge is -2.18. The summed E-state index contributed by atoms with van der Waals surface area (Å²) < 4.78 is 75.8. The first-order valence-corrected chi connectivity index (χ1v) is 11.7. The monoisotopic (exact) mass is 398 g/mol. The van der Waals surface area contributed by atoms with Crippen LogP contribution in [0.1, 0.15) is 27.7 Å². The van der Waals surface area contributed by atoms with Gasteiger partial charge in [-0.3, -0.25) is 9.13 Å². The average molecular weight is 398 g/mol. The zero-order chi connectivity index (χ0) is 18.0. The van der Waals surface area contributed by atoms with Crippen molar-refractivity contribution in [3.8, 4) is 0 Å². The van der Waals surface area contributed by atoms with Gasteiger partial charge in [-0.15, -0.1) is 0 Å². The summed E-state index contributed by atoms with van der Waals surface area (Å²) in [5, 5.41) is 0. The van der Waals surface area contributed by atoms with Crippen molar-refractivity contribution in [2.45, 2.75) is 27.7 Å². The summed E-state index contributed by atoms with van der Waals surface area (Å²) in [7, 11) is -12.0. The Hall–Kier alpha value is 0.170. The Balaban J connectivity index is 4.70. The first-order chi connectivity index (χ1) is 10.7. The van der Waals surface area contributed by atoms with E-state index < -0.39 is 38.3 Å². The fraction of sp³-hybridized carbons (Fsp3) is 1.00. The Labute approximate surface area is 137 Å². The van der Waals surface area contributed by atoms with Gasteiger partial charge in [0.25, 0.3) is 0 Å². The second-order valence-electron chi connectivity index (χ2n) is 3.80. The van der Waals surface area contributed by atoms with Crippen molar-refractivity contribution in [1.29, 1.82) is 0 Å². The molecule has 0 unspecified atom stereocenters. The molecule has 0 bridgehead atoms. The minimum atomic E-state index is -4.59. The molecule has 0 radical (unpaired) electrons. The Kier molecular flexibility index (Phi) is 11.0. The first-order valence-electron chi connectivity index (χ1n) is 6.96. The molecule has 0 fully saturated rings. The second kappa shape index (κ2) is 10.9. The summed E-state index contributed by atoms with van der Waals surface area (Å²) in [6.07, 6.45) is -1.71. The Morgan fingerprint density at radius 3 is 1.13 bits per heavy atom. The van der Waals surface area contributed by atoms with Crippen molar-refractivity contribution in [3.63, 3.8) is 0 Å². The summed E-state index contributed by atoms with van der Waals surface area (Å²) in [6.45, 7) is 6.45. The summed E-state index contributed by atoms with van der Waals surface area (Å²) in [5.41, 5.74) is 0. The molecule has 0 amide bonds. The van der Waals surface area contributed by atoms with Crippen LogP contribution >= 0.6 is 15.2 Å². The van der Waals surface area contributed by atoms with Gasteiger partial charge in [0.15, 0.2) is 12.7 Å². The van der Waals surface area contributed by atoms with Crippen LogP contribution in [0, 0.1) is 0 Å². The highest BCUT2D eigenvalue weighted by molar-refractivity contribution is 7.82. The normalized spacial score (nSPS) is 13.4. The highest BCUT2D eigenvalue weighted by Gasteiger charge is 2.31. The molecule has 0 N–H and O–H groups in total. The van der Waals surface area contributed by atoms with Crippen LogP contribution in [0.15, 0.2) is 0 Å². The maximum absolute atomic E-state index is 12.1. The van der Waals surface area contributed by atoms with Crippen molar-refractivity contribution in [2.24, 2.45) is 0 Å². The quantitative estimate of drug-likeness (QED) is 0.403. The van der Waals surface area contributed by atoms with Crippen molar-refractivity contribution in [3.05, 3.63) is 0 Å². The average Bonchev–Trinajstić information content (AvgIpc) is 2.45. The van der Waals surface area contributed by atoms with Crippen LogP contribution in [0.5, 0.6) is 0 Å². The molecule has 0 saturated heterocycles. The molecule has 140 valence electrons. The third-order valence-electron chi connectivity index (χ3n) is 2.01. The molecule has 10 nitrogen and oxygen atoms in total. The lowest BCUT2D eigenvalue weighted by Crippen LogP contribution is -2.15. The van der Waals surface area contributed by atoms with Crippen LogP contribution in [-0.2, 0) is 46.0 Å². The SMILES string of the molecule is CCOP(=O)(COS(=O)(=O)OCP(=O)(OCC)OCC)OCC. The van der Waals surface area contributed by atoms with E-state index in [2.05, 4.69) is 8.37 Å². The van der Waals surface area contributed by atoms with Gasteiger partial charge in [0.1, 0.15) is 0 Å². The van der Waals surface area contributed by atoms with Crippen LogP contribution < -0.4 is 0 Å². The molecule has 0 rings (SSSR count). The third kappa shape index (κ3) is 9.91. The van der Waals surface area contributed by atoms with Crippen LogP contribution in [-0.4, -0.2) is 47.5 Å². The van der Waals surface area contributed by atoms with Gasteiger partial charge < -0.3 is 18.1 Å². The fourth-order valence-corrected chi connectivity index (χ4v) is 5.46. The molecule has 0 aromatic carbocycles. The minimum Gasteiger partial charge on any atom is -0.307 e. The molecule has 0 atom stereocenters. The number of hydrogen-bond donors (Lipinski definition) is 0. The maximum atomic E-state index is 12.1. The third-order valence-corrected chi connectivity index (χ3v) is 6.67. The van der Waals surface area contributed by atoms with E-state index in [0.717, 1.165) is 0 Å². The molecule has 0 heterocycles. The van der Waals surface area contributed by atoms with E-state index in [9.17, 15) is 17.5 Å². The zero-order valence-corrected chi connectivity index (χ0v) is 16.2. The molecule has 13 heteroatoms. The number of rotatable bonds is 14. The first kappa shape index (κ1) is 23.2. The van der Waals surface area contributed by atoms with Crippen LogP contribution in [0.4, 0.5) is 0 Å². The van der Waals surface area contributed by atoms with Gasteiger partial charge in [-0.2, -0.15) is 8.42 Å². The fourth-order valence-electron chi connectivity index (χ4n) is 1.30. The molecular weight excluding hydrogens is 374 g/mol. The molecule has 23 heavy (non-hydrogen) atoms. The molecule has 0 spiro atoms. The Bertz CT molecular complexity index is 460. The lowest BCUT2D eigenvalue weighted by molar-refractivity contribution is 0.174. The number of hydrogen-bond acceptors (Lipinski definition) is 10. The van der Waals surface area contributed by atoms with Crippen molar-refractivity contribution >= 4 is 25.6 Å². The van der Waals surface area contributed by atoms with Gasteiger partial charge in [-0.05, 0) is 27.7 Å². The molecular formula is C10H24O10P2S. The van der Waals surface area contributed by atoms with Gasteiger partial charge in [0.2, 0.25) is 0 Å². The Morgan fingerprint density at radius 2 is 0.913 bits per heavy atom. The van der Waals surface area contributed by atoms with Crippen molar-refractivity contribution < 1.29 is 44.0 Å². The topological polar surface area (TPSA) is 124 Å². The van der Waals surface area contributed by atoms with E-state index in [1.54, 1.807) is 27.7 Å². The van der Waals surface area contributed by atoms with Crippen LogP contribution in [0.3, 0.4) is 0 Å². The smallest absolute Gasteiger partial charge is 0.307 e. The van der Waals surface area contributed by atoms with E-state index in [1.165, 1.54) is 0 Å². The molecule has 0 saturated carbocycles. The van der Waals surface area contributed by atoms with Gasteiger partial charge in [-0.25, -0.2) is 8.37 Å². The van der Waals surface area contributed by atoms with Gasteiger partial charge in [-0.1, -0.05) is 0 Å². The van der Waals surface area contributed by atoms with Crippen molar-refractivity contribution in [2.75, 3.05) is 39.1 Å². The second-order valence-corrected chi connectivity index (χ2v) is 9.08. The Morgan fingerprint density at radius 1 is 0.652 bits per heavy atom. The maximum Gasteiger partial charge on any atom is 0.401 e. The molecule has 0 aliphatic rings. The molecule has 0 aromatic heterocycles. The molecule has 0 aliphatic carbocycles. The van der Waals surface area contributed by atoms with Crippen LogP contribution in [0.2, 0.25) is 0 Å². The molecule has 0 aliphatic heterocycles. The lowest BCUT2D eigenvalue weighted by atomic mass is 10.9. The van der Waals surface area contributed by atoms with E-state index in [1.807, 2.05) is 0 Å². The van der Waals surface area contributed by atoms with E-state index in [0.29, 0.717) is 0 Å². The minimum absolute atomic E-state index is 0.0470. The van der Waals surface area contributed by atoms with E-state index in [-0.39, 0.29) is 26.4 Å². The van der Waals surface area contributed by atoms with Gasteiger partial charge >= 0.3 is 25.6 Å². The van der Waals surface area contributed by atoms with Crippen molar-refractivity contribution in [1.82, 2.24) is 0 Å². The highest BCUT2D eigenvalue weighted by Crippen LogP contribution is 2.50. The zero-order valence-electron chi connectivity index (χ0n) is 13.6. The summed E-state index contributed by atoms with van der Waals surface area (Å²) >= 11 is 0. The van der Waals surface area contributed by atoms with Gasteiger partial charge in [0.05, 0.1) is 26.4 Å².